The predicted molar refractivity (Wildman–Crippen MR) is 121 cm³/mol. The molecule has 0 aliphatic carbocycles. The summed E-state index contributed by atoms with van der Waals surface area (Å²) in [6.45, 7) is 4.90. The smallest absolute Gasteiger partial charge is 0.106 e. The lowest BCUT2D eigenvalue weighted by Crippen LogP contribution is -2.46. The number of benzene rings is 3. The Morgan fingerprint density at radius 3 is 2.50 bits per heavy atom. The van der Waals surface area contributed by atoms with Crippen LogP contribution in [-0.2, 0) is 19.5 Å². The van der Waals surface area contributed by atoms with Crippen molar-refractivity contribution in [3.63, 3.8) is 0 Å². The first-order valence-electron chi connectivity index (χ1n) is 9.88. The summed E-state index contributed by atoms with van der Waals surface area (Å²) in [5, 5.41) is 3.53. The van der Waals surface area contributed by atoms with E-state index in [0.29, 0.717) is 6.04 Å². The Labute approximate surface area is 173 Å². The number of rotatable bonds is 5. The molecule has 0 spiro atoms. The number of fused-ring (bicyclic) bond motifs is 1. The fraction of sp³-hybridized carbons (Fsp3) is 0.240. The maximum absolute atomic E-state index is 5.67. The van der Waals surface area contributed by atoms with Gasteiger partial charge in [0, 0.05) is 31.2 Å². The van der Waals surface area contributed by atoms with Crippen LogP contribution in [0.4, 0.5) is 0 Å². The van der Waals surface area contributed by atoms with E-state index in [1.165, 1.54) is 22.3 Å². The van der Waals surface area contributed by atoms with Crippen molar-refractivity contribution in [1.29, 1.82) is 0 Å². The van der Waals surface area contributed by atoms with Crippen molar-refractivity contribution in [2.24, 2.45) is 0 Å². The Kier molecular flexibility index (Phi) is 5.84. The van der Waals surface area contributed by atoms with Crippen LogP contribution in [0.1, 0.15) is 27.8 Å². The van der Waals surface area contributed by atoms with E-state index in [2.05, 4.69) is 96.0 Å². The standard InChI is InChI=1S/C25H26N2S/c1-19-8-7-13-22(14-19)25(28)26-16-24-15-21-11-5-6-12-23(21)18-27(24)17-20-9-3-2-4-10-20/h2-14,24H,15-18H2,1H3,(H,26,28)/t24-/m0/s1. The first-order valence-corrected chi connectivity index (χ1v) is 10.3. The minimum absolute atomic E-state index is 0.415. The summed E-state index contributed by atoms with van der Waals surface area (Å²) in [5.74, 6) is 0. The van der Waals surface area contributed by atoms with Crippen LogP contribution >= 0.6 is 12.2 Å². The van der Waals surface area contributed by atoms with E-state index in [-0.39, 0.29) is 0 Å². The Bertz CT molecular complexity index is 952. The molecule has 3 aromatic rings. The molecule has 0 radical (unpaired) electrons. The van der Waals surface area contributed by atoms with Crippen LogP contribution in [0.25, 0.3) is 0 Å². The van der Waals surface area contributed by atoms with Crippen LogP contribution < -0.4 is 5.32 Å². The Morgan fingerprint density at radius 2 is 1.71 bits per heavy atom. The summed E-state index contributed by atoms with van der Waals surface area (Å²) in [4.78, 5) is 3.41. The van der Waals surface area contributed by atoms with Crippen molar-refractivity contribution >= 4 is 17.2 Å². The molecule has 1 N–H and O–H groups in total. The third-order valence-corrected chi connectivity index (χ3v) is 5.85. The molecule has 0 amide bonds. The normalized spacial score (nSPS) is 16.4. The lowest BCUT2D eigenvalue weighted by atomic mass is 9.93. The van der Waals surface area contributed by atoms with Crippen molar-refractivity contribution in [2.45, 2.75) is 32.5 Å². The van der Waals surface area contributed by atoms with Gasteiger partial charge in [-0.3, -0.25) is 4.90 Å². The third kappa shape index (κ3) is 4.49. The van der Waals surface area contributed by atoms with Gasteiger partial charge in [0.15, 0.2) is 0 Å². The quantitative estimate of drug-likeness (QED) is 0.629. The van der Waals surface area contributed by atoms with Crippen molar-refractivity contribution < 1.29 is 0 Å². The van der Waals surface area contributed by atoms with Crippen molar-refractivity contribution in [2.75, 3.05) is 6.54 Å². The monoisotopic (exact) mass is 386 g/mol. The highest BCUT2D eigenvalue weighted by Crippen LogP contribution is 2.24. The number of nitrogens with zero attached hydrogens (tertiary/aromatic N) is 1. The summed E-state index contributed by atoms with van der Waals surface area (Å²) >= 11 is 5.67. The molecular weight excluding hydrogens is 360 g/mol. The minimum Gasteiger partial charge on any atom is -0.374 e. The molecule has 0 bridgehead atoms. The van der Waals surface area contributed by atoms with Gasteiger partial charge in [0.2, 0.25) is 0 Å². The Hall–Kier alpha value is -2.49. The molecule has 1 atom stereocenters. The molecule has 1 aliphatic rings. The number of hydrogen-bond acceptors (Lipinski definition) is 2. The molecule has 4 rings (SSSR count). The fourth-order valence-corrected chi connectivity index (χ4v) is 4.16. The highest BCUT2D eigenvalue weighted by molar-refractivity contribution is 7.80. The van der Waals surface area contributed by atoms with Gasteiger partial charge < -0.3 is 5.32 Å². The van der Waals surface area contributed by atoms with Crippen LogP contribution in [0, 0.1) is 6.92 Å². The van der Waals surface area contributed by atoms with Gasteiger partial charge in [0.05, 0.1) is 0 Å². The average Bonchev–Trinajstić information content (AvgIpc) is 2.72. The predicted octanol–water partition coefficient (Wildman–Crippen LogP) is 4.89. The van der Waals surface area contributed by atoms with E-state index in [0.717, 1.165) is 36.6 Å². The number of thiocarbonyl (C=S) groups is 1. The summed E-state index contributed by atoms with van der Waals surface area (Å²) < 4.78 is 0. The molecule has 0 saturated carbocycles. The van der Waals surface area contributed by atoms with Crippen molar-refractivity contribution in [1.82, 2.24) is 10.2 Å². The van der Waals surface area contributed by atoms with Crippen molar-refractivity contribution in [3.05, 3.63) is 107 Å². The van der Waals surface area contributed by atoms with E-state index in [9.17, 15) is 0 Å². The van der Waals surface area contributed by atoms with Gasteiger partial charge in [0.25, 0.3) is 0 Å². The van der Waals surface area contributed by atoms with E-state index in [1.807, 2.05) is 0 Å². The minimum atomic E-state index is 0.415. The molecular formula is C25H26N2S. The summed E-state index contributed by atoms with van der Waals surface area (Å²) in [5.41, 5.74) is 6.59. The molecule has 3 heteroatoms. The lowest BCUT2D eigenvalue weighted by Gasteiger charge is -2.37. The molecule has 1 aliphatic heterocycles. The van der Waals surface area contributed by atoms with Gasteiger partial charge in [-0.2, -0.15) is 0 Å². The Balaban J connectivity index is 1.49. The maximum Gasteiger partial charge on any atom is 0.106 e. The molecule has 1 heterocycles. The van der Waals surface area contributed by atoms with Crippen LogP contribution in [0.5, 0.6) is 0 Å². The highest BCUT2D eigenvalue weighted by Gasteiger charge is 2.26. The van der Waals surface area contributed by atoms with Gasteiger partial charge in [-0.25, -0.2) is 0 Å². The van der Waals surface area contributed by atoms with E-state index >= 15 is 0 Å². The molecule has 2 nitrogen and oxygen atoms in total. The highest BCUT2D eigenvalue weighted by atomic mass is 32.1. The third-order valence-electron chi connectivity index (χ3n) is 5.47. The molecule has 3 aromatic carbocycles. The Morgan fingerprint density at radius 1 is 0.964 bits per heavy atom. The van der Waals surface area contributed by atoms with Gasteiger partial charge in [-0.15, -0.1) is 0 Å². The van der Waals surface area contributed by atoms with Gasteiger partial charge in [-0.05, 0) is 36.1 Å². The van der Waals surface area contributed by atoms with E-state index in [1.54, 1.807) is 0 Å². The molecule has 0 fully saturated rings. The summed E-state index contributed by atoms with van der Waals surface area (Å²) in [6, 6.07) is 28.4. The van der Waals surface area contributed by atoms with E-state index < -0.39 is 0 Å². The zero-order valence-corrected chi connectivity index (χ0v) is 17.1. The largest absolute Gasteiger partial charge is 0.374 e. The maximum atomic E-state index is 5.67. The molecule has 28 heavy (non-hydrogen) atoms. The van der Waals surface area contributed by atoms with E-state index in [4.69, 9.17) is 12.2 Å². The molecule has 0 unspecified atom stereocenters. The average molecular weight is 387 g/mol. The van der Waals surface area contributed by atoms with Crippen LogP contribution in [0.2, 0.25) is 0 Å². The van der Waals surface area contributed by atoms with Gasteiger partial charge in [-0.1, -0.05) is 90.6 Å². The van der Waals surface area contributed by atoms with Crippen LogP contribution in [-0.4, -0.2) is 22.5 Å². The van der Waals surface area contributed by atoms with Gasteiger partial charge in [0.1, 0.15) is 4.99 Å². The molecule has 142 valence electrons. The first-order chi connectivity index (χ1) is 13.7. The second-order valence-corrected chi connectivity index (χ2v) is 8.00. The van der Waals surface area contributed by atoms with Crippen molar-refractivity contribution in [3.8, 4) is 0 Å². The zero-order chi connectivity index (χ0) is 19.3. The molecule has 0 aromatic heterocycles. The summed E-state index contributed by atoms with van der Waals surface area (Å²) in [7, 11) is 0. The van der Waals surface area contributed by atoms with Gasteiger partial charge >= 0.3 is 0 Å². The number of nitrogens with one attached hydrogen (secondary N) is 1. The SMILES string of the molecule is Cc1cccc(C(=S)NC[C@@H]2Cc3ccccc3CN2Cc2ccccc2)c1. The lowest BCUT2D eigenvalue weighted by molar-refractivity contribution is 0.163. The fourth-order valence-electron chi connectivity index (χ4n) is 3.94. The topological polar surface area (TPSA) is 15.3 Å². The first kappa shape index (κ1) is 18.9. The number of aryl methyl sites for hydroxylation is 1. The van der Waals surface area contributed by atoms with Crippen LogP contribution in [0.15, 0.2) is 78.9 Å². The number of hydrogen-bond donors (Lipinski definition) is 1. The second kappa shape index (κ2) is 8.68. The summed E-state index contributed by atoms with van der Waals surface area (Å²) in [6.07, 6.45) is 1.05. The second-order valence-electron chi connectivity index (χ2n) is 7.60. The van der Waals surface area contributed by atoms with Crippen LogP contribution in [0.3, 0.4) is 0 Å². The zero-order valence-electron chi connectivity index (χ0n) is 16.3. The molecule has 0 saturated heterocycles.